The number of guanidine groups is 1. The molecule has 3 saturated heterocycles. The number of ether oxygens (including phenoxy) is 1. The van der Waals surface area contributed by atoms with E-state index in [0.717, 1.165) is 32.0 Å². The van der Waals surface area contributed by atoms with E-state index in [0.29, 0.717) is 36.1 Å². The van der Waals surface area contributed by atoms with Crippen LogP contribution < -0.4 is 5.32 Å². The van der Waals surface area contributed by atoms with Gasteiger partial charge in [-0.15, -0.1) is 0 Å². The van der Waals surface area contributed by atoms with E-state index in [1.807, 2.05) is 0 Å². The summed E-state index contributed by atoms with van der Waals surface area (Å²) in [6, 6.07) is 2.75. The fourth-order valence-corrected chi connectivity index (χ4v) is 4.61. The first-order valence-corrected chi connectivity index (χ1v) is 8.83. The molecule has 3 aliphatic heterocycles. The number of hydrogen-bond acceptors (Lipinski definition) is 2. The molecule has 2 bridgehead atoms. The largest absolute Gasteiger partial charge is 0.416 e. The van der Waals surface area contributed by atoms with E-state index in [-0.39, 0.29) is 12.1 Å². The molecule has 0 radical (unpaired) electrons. The van der Waals surface area contributed by atoms with Gasteiger partial charge in [-0.2, -0.15) is 13.2 Å². The second-order valence-electron chi connectivity index (χ2n) is 7.22. The summed E-state index contributed by atoms with van der Waals surface area (Å²) in [6.45, 7) is 1.55. The van der Waals surface area contributed by atoms with Crippen molar-refractivity contribution in [1.29, 1.82) is 0 Å². The minimum absolute atomic E-state index is 0.00263. The molecule has 0 spiro atoms. The maximum Gasteiger partial charge on any atom is 0.416 e. The highest BCUT2D eigenvalue weighted by Crippen LogP contribution is 2.47. The van der Waals surface area contributed by atoms with Crippen molar-refractivity contribution in [3.63, 3.8) is 0 Å². The molecule has 3 heterocycles. The lowest BCUT2D eigenvalue weighted by molar-refractivity contribution is -0.138. The first kappa shape index (κ1) is 17.6. The molecule has 3 fully saturated rings. The Morgan fingerprint density at radius 2 is 1.88 bits per heavy atom. The van der Waals surface area contributed by atoms with Crippen LogP contribution in [-0.2, 0) is 17.5 Å². The van der Waals surface area contributed by atoms with Crippen molar-refractivity contribution < 1.29 is 22.3 Å². The van der Waals surface area contributed by atoms with E-state index in [1.165, 1.54) is 6.07 Å². The zero-order valence-corrected chi connectivity index (χ0v) is 14.4. The number of rotatable bonds is 2. The molecule has 0 amide bonds. The molecule has 0 saturated carbocycles. The van der Waals surface area contributed by atoms with Crippen molar-refractivity contribution in [2.75, 3.05) is 20.1 Å². The molecule has 0 aliphatic carbocycles. The number of nitrogens with one attached hydrogen (secondary N) is 1. The third-order valence-electron chi connectivity index (χ3n) is 5.78. The molecular formula is C18H21F4N3O. The van der Waals surface area contributed by atoms with Crippen molar-refractivity contribution in [3.8, 4) is 0 Å². The molecule has 4 unspecified atom stereocenters. The maximum atomic E-state index is 13.2. The lowest BCUT2D eigenvalue weighted by Gasteiger charge is -2.24. The Balaban J connectivity index is 1.45. The predicted octanol–water partition coefficient (Wildman–Crippen LogP) is 3.03. The summed E-state index contributed by atoms with van der Waals surface area (Å²) in [5.74, 6) is 0.636. The zero-order chi connectivity index (χ0) is 18.5. The first-order chi connectivity index (χ1) is 12.4. The molecule has 4 rings (SSSR count). The van der Waals surface area contributed by atoms with Gasteiger partial charge in [0.05, 0.1) is 17.8 Å². The summed E-state index contributed by atoms with van der Waals surface area (Å²) in [7, 11) is 1.62. The second-order valence-corrected chi connectivity index (χ2v) is 7.22. The number of alkyl halides is 3. The number of likely N-dealkylation sites (tertiary alicyclic amines) is 1. The zero-order valence-electron chi connectivity index (χ0n) is 14.4. The van der Waals surface area contributed by atoms with Crippen molar-refractivity contribution >= 4 is 5.96 Å². The van der Waals surface area contributed by atoms with E-state index in [2.05, 4.69) is 15.2 Å². The van der Waals surface area contributed by atoms with E-state index in [9.17, 15) is 17.6 Å². The summed E-state index contributed by atoms with van der Waals surface area (Å²) in [6.07, 6.45) is -1.79. The van der Waals surface area contributed by atoms with Gasteiger partial charge in [-0.25, -0.2) is 4.39 Å². The topological polar surface area (TPSA) is 36.9 Å². The van der Waals surface area contributed by atoms with Crippen LogP contribution in [0.3, 0.4) is 0 Å². The minimum atomic E-state index is -4.59. The fourth-order valence-electron chi connectivity index (χ4n) is 4.61. The molecular weight excluding hydrogens is 350 g/mol. The number of fused-ring (bicyclic) bond motifs is 5. The number of hydrogen-bond donors (Lipinski definition) is 1. The molecule has 0 aromatic heterocycles. The van der Waals surface area contributed by atoms with Crippen LogP contribution in [0.5, 0.6) is 0 Å². The molecule has 4 nitrogen and oxygen atoms in total. The lowest BCUT2D eigenvalue weighted by Crippen LogP contribution is -2.41. The van der Waals surface area contributed by atoms with Gasteiger partial charge in [0.1, 0.15) is 5.82 Å². The summed E-state index contributed by atoms with van der Waals surface area (Å²) in [5.41, 5.74) is -0.951. The highest BCUT2D eigenvalue weighted by Gasteiger charge is 2.53. The van der Waals surface area contributed by atoms with E-state index < -0.39 is 17.6 Å². The van der Waals surface area contributed by atoms with Gasteiger partial charge in [0.2, 0.25) is 0 Å². The Hall–Kier alpha value is -1.83. The van der Waals surface area contributed by atoms with Crippen LogP contribution in [0.4, 0.5) is 17.6 Å². The molecule has 8 heteroatoms. The van der Waals surface area contributed by atoms with Crippen LogP contribution in [0.15, 0.2) is 23.2 Å². The summed E-state index contributed by atoms with van der Waals surface area (Å²) >= 11 is 0. The first-order valence-electron chi connectivity index (χ1n) is 8.83. The van der Waals surface area contributed by atoms with Gasteiger partial charge in [-0.3, -0.25) is 4.99 Å². The second kappa shape index (κ2) is 6.40. The van der Waals surface area contributed by atoms with Crippen LogP contribution in [0.1, 0.15) is 24.0 Å². The van der Waals surface area contributed by atoms with Crippen LogP contribution in [0.25, 0.3) is 0 Å². The predicted molar refractivity (Wildman–Crippen MR) is 88.0 cm³/mol. The molecule has 142 valence electrons. The Bertz CT molecular complexity index is 703. The van der Waals surface area contributed by atoms with Gasteiger partial charge in [0.15, 0.2) is 5.96 Å². The smallest absolute Gasteiger partial charge is 0.374 e. The normalized spacial score (nSPS) is 30.8. The third-order valence-corrected chi connectivity index (χ3v) is 5.78. The molecule has 1 N–H and O–H groups in total. The van der Waals surface area contributed by atoms with E-state index in [1.54, 1.807) is 7.05 Å². The van der Waals surface area contributed by atoms with Crippen LogP contribution in [-0.4, -0.2) is 43.2 Å². The number of aliphatic imine (C=N–C) groups is 1. The van der Waals surface area contributed by atoms with E-state index >= 15 is 0 Å². The monoisotopic (exact) mass is 371 g/mol. The SMILES string of the molecule is CN=C(NCc1ccc(F)cc1C(F)(F)F)N1CC2C3CCC(O3)C2C1. The molecule has 26 heavy (non-hydrogen) atoms. The number of nitrogens with zero attached hydrogens (tertiary/aromatic N) is 2. The average molecular weight is 371 g/mol. The quantitative estimate of drug-likeness (QED) is 0.493. The fraction of sp³-hybridized carbons (Fsp3) is 0.611. The van der Waals surface area contributed by atoms with Gasteiger partial charge >= 0.3 is 6.18 Å². The maximum absolute atomic E-state index is 13.2. The van der Waals surface area contributed by atoms with Crippen LogP contribution >= 0.6 is 0 Å². The molecule has 1 aromatic rings. The highest BCUT2D eigenvalue weighted by atomic mass is 19.4. The van der Waals surface area contributed by atoms with Crippen molar-refractivity contribution in [2.45, 2.75) is 37.8 Å². The van der Waals surface area contributed by atoms with Gasteiger partial charge in [-0.05, 0) is 30.5 Å². The Morgan fingerprint density at radius 1 is 1.23 bits per heavy atom. The van der Waals surface area contributed by atoms with E-state index in [4.69, 9.17) is 4.74 Å². The molecule has 1 aromatic carbocycles. The Kier molecular flexibility index (Phi) is 4.33. The van der Waals surface area contributed by atoms with Crippen molar-refractivity contribution in [2.24, 2.45) is 16.8 Å². The summed E-state index contributed by atoms with van der Waals surface area (Å²) in [5, 5.41) is 3.01. The third kappa shape index (κ3) is 3.04. The van der Waals surface area contributed by atoms with Gasteiger partial charge in [0.25, 0.3) is 0 Å². The number of halogens is 4. The van der Waals surface area contributed by atoms with Crippen molar-refractivity contribution in [3.05, 3.63) is 35.1 Å². The Labute approximate surface area is 149 Å². The van der Waals surface area contributed by atoms with Gasteiger partial charge in [0, 0.05) is 38.5 Å². The van der Waals surface area contributed by atoms with Crippen molar-refractivity contribution in [1.82, 2.24) is 10.2 Å². The lowest BCUT2D eigenvalue weighted by atomic mass is 9.82. The Morgan fingerprint density at radius 3 is 2.46 bits per heavy atom. The van der Waals surface area contributed by atoms with Crippen LogP contribution in [0.2, 0.25) is 0 Å². The minimum Gasteiger partial charge on any atom is -0.374 e. The summed E-state index contributed by atoms with van der Waals surface area (Å²) < 4.78 is 58.6. The highest BCUT2D eigenvalue weighted by molar-refractivity contribution is 5.80. The van der Waals surface area contributed by atoms with Crippen LogP contribution in [0, 0.1) is 17.7 Å². The molecule has 3 aliphatic rings. The van der Waals surface area contributed by atoms with Gasteiger partial charge < -0.3 is 15.0 Å². The van der Waals surface area contributed by atoms with Gasteiger partial charge in [-0.1, -0.05) is 6.07 Å². The number of benzene rings is 1. The average Bonchev–Trinajstić information content (AvgIpc) is 3.28. The standard InChI is InChI=1S/C18H21F4N3O/c1-23-17(25-8-12-13(9-25)16-5-4-15(12)26-16)24-7-10-2-3-11(19)6-14(10)18(20,21)22/h2-3,6,12-13,15-16H,4-5,7-9H2,1H3,(H,23,24). The summed E-state index contributed by atoms with van der Waals surface area (Å²) in [4.78, 5) is 6.32. The molecule has 4 atom stereocenters.